The molecule has 1 heterocycles. The van der Waals surface area contributed by atoms with Crippen LogP contribution in [0.4, 0.5) is 5.69 Å². The van der Waals surface area contributed by atoms with Gasteiger partial charge in [-0.1, -0.05) is 44.6 Å². The van der Waals surface area contributed by atoms with Crippen molar-refractivity contribution < 1.29 is 38.6 Å². The maximum atomic E-state index is 13.8. The molecule has 0 saturated carbocycles. The third kappa shape index (κ3) is 8.40. The standard InChI is InChI=1S/C34H33ClN2O9S2/c1-19(38)26-29(35)36(30(26)39)27(31(40)45-18-20-6-12-23(13-7-20)37(42)43)32(48-33(41)34(2,3)4)46-25-16-10-22(11-17-25)28(47)21-8-14-24(44-5)15-9-21/h6-17,19,26,29,38H,18H2,1-5H3/t19-,26-,29-/m1/s1. The lowest BCUT2D eigenvalue weighted by atomic mass is 9.92. The molecule has 3 atom stereocenters. The number of rotatable bonds is 12. The van der Waals surface area contributed by atoms with Crippen LogP contribution >= 0.6 is 35.6 Å². The van der Waals surface area contributed by atoms with Crippen molar-refractivity contribution in [3.8, 4) is 11.5 Å². The van der Waals surface area contributed by atoms with Gasteiger partial charge in [-0.25, -0.2) is 4.79 Å². The monoisotopic (exact) mass is 712 g/mol. The molecule has 0 bridgehead atoms. The molecular weight excluding hydrogens is 680 g/mol. The predicted octanol–water partition coefficient (Wildman–Crippen LogP) is 6.37. The van der Waals surface area contributed by atoms with Gasteiger partial charge in [0.25, 0.3) is 5.69 Å². The van der Waals surface area contributed by atoms with Crippen LogP contribution in [0.5, 0.6) is 11.5 Å². The number of aliphatic hydroxyl groups is 1. The van der Waals surface area contributed by atoms with E-state index in [4.69, 9.17) is 38.0 Å². The molecule has 14 heteroatoms. The van der Waals surface area contributed by atoms with E-state index in [2.05, 4.69) is 0 Å². The van der Waals surface area contributed by atoms with Crippen LogP contribution in [-0.2, 0) is 25.7 Å². The summed E-state index contributed by atoms with van der Waals surface area (Å²) in [5.74, 6) is -1.83. The van der Waals surface area contributed by atoms with Crippen LogP contribution in [0, 0.1) is 21.4 Å². The van der Waals surface area contributed by atoms with Crippen molar-refractivity contribution in [3.63, 3.8) is 0 Å². The van der Waals surface area contributed by atoms with E-state index in [0.717, 1.165) is 10.5 Å². The molecule has 48 heavy (non-hydrogen) atoms. The summed E-state index contributed by atoms with van der Waals surface area (Å²) in [4.78, 5) is 52.3. The Balaban J connectivity index is 1.71. The summed E-state index contributed by atoms with van der Waals surface area (Å²) < 4.78 is 16.9. The summed E-state index contributed by atoms with van der Waals surface area (Å²) in [5, 5.41) is 20.5. The molecule has 0 unspecified atom stereocenters. The molecule has 3 aromatic rings. The van der Waals surface area contributed by atoms with Crippen molar-refractivity contribution in [2.24, 2.45) is 11.3 Å². The second-order valence-corrected chi connectivity index (χ2v) is 13.6. The van der Waals surface area contributed by atoms with Gasteiger partial charge < -0.3 is 19.3 Å². The van der Waals surface area contributed by atoms with Gasteiger partial charge in [-0.05, 0) is 96.0 Å². The minimum Gasteiger partial charge on any atom is -0.497 e. The number of amides is 1. The van der Waals surface area contributed by atoms with Gasteiger partial charge in [0.05, 0.1) is 28.9 Å². The average Bonchev–Trinajstić information content (AvgIpc) is 3.05. The number of nitrogens with zero attached hydrogens (tertiary/aromatic N) is 2. The third-order valence-electron chi connectivity index (χ3n) is 7.21. The average molecular weight is 713 g/mol. The quantitative estimate of drug-likeness (QED) is 0.0214. The van der Waals surface area contributed by atoms with Crippen molar-refractivity contribution in [1.29, 1.82) is 0 Å². The molecule has 1 aliphatic heterocycles. The summed E-state index contributed by atoms with van der Waals surface area (Å²) in [6.07, 6.45) is -1.12. The van der Waals surface area contributed by atoms with E-state index in [0.29, 0.717) is 33.5 Å². The summed E-state index contributed by atoms with van der Waals surface area (Å²) in [6, 6.07) is 19.3. The summed E-state index contributed by atoms with van der Waals surface area (Å²) >= 11 is 12.8. The number of non-ortho nitro benzene ring substituents is 1. The van der Waals surface area contributed by atoms with Crippen molar-refractivity contribution in [1.82, 2.24) is 4.90 Å². The SMILES string of the molecule is COc1ccc(C(=S)c2ccc(OC(SC(=O)C(C)(C)C)=C(C(=O)OCc3ccc([N+](=O)[O-])cc3)N3C(=O)[C@H]([C@@H](C)O)[C@@H]3Cl)cc2)cc1. The van der Waals surface area contributed by atoms with Crippen LogP contribution in [0.1, 0.15) is 44.4 Å². The normalized spacial score (nSPS) is 17.1. The van der Waals surface area contributed by atoms with Crippen molar-refractivity contribution in [3.05, 3.63) is 110 Å². The fourth-order valence-corrected chi connectivity index (χ4v) is 6.08. The summed E-state index contributed by atoms with van der Waals surface area (Å²) in [6.45, 7) is 6.13. The highest BCUT2D eigenvalue weighted by atomic mass is 35.5. The zero-order valence-electron chi connectivity index (χ0n) is 26.7. The third-order valence-corrected chi connectivity index (χ3v) is 9.40. The molecule has 1 fully saturated rings. The van der Waals surface area contributed by atoms with Gasteiger partial charge in [0.15, 0.2) is 10.8 Å². The number of nitro groups is 1. The Morgan fingerprint density at radius 2 is 1.56 bits per heavy atom. The number of likely N-dealkylation sites (tertiary alicyclic amines) is 1. The van der Waals surface area contributed by atoms with E-state index in [-0.39, 0.29) is 28.3 Å². The zero-order valence-corrected chi connectivity index (χ0v) is 29.1. The second-order valence-electron chi connectivity index (χ2n) is 11.8. The first-order valence-electron chi connectivity index (χ1n) is 14.6. The number of nitro benzene ring substituents is 1. The molecule has 1 amide bonds. The Bertz CT molecular complexity index is 1740. The highest BCUT2D eigenvalue weighted by Crippen LogP contribution is 2.41. The minimum atomic E-state index is -1.16. The van der Waals surface area contributed by atoms with Gasteiger partial charge in [-0.3, -0.25) is 24.6 Å². The zero-order chi connectivity index (χ0) is 35.3. The molecule has 252 valence electrons. The van der Waals surface area contributed by atoms with Crippen LogP contribution in [-0.4, -0.2) is 55.5 Å². The molecule has 1 aliphatic rings. The van der Waals surface area contributed by atoms with Crippen molar-refractivity contribution in [2.75, 3.05) is 7.11 Å². The Hall–Kier alpha value is -4.30. The van der Waals surface area contributed by atoms with Gasteiger partial charge >= 0.3 is 5.97 Å². The fourth-order valence-electron chi connectivity index (χ4n) is 4.40. The molecular formula is C34H33ClN2O9S2. The number of thioether (sulfide) groups is 1. The number of thiocarbonyl (C=S) groups is 1. The van der Waals surface area contributed by atoms with E-state index < -0.39 is 45.4 Å². The van der Waals surface area contributed by atoms with Gasteiger partial charge in [-0.2, -0.15) is 0 Å². The number of hydrogen-bond donors (Lipinski definition) is 1. The van der Waals surface area contributed by atoms with Gasteiger partial charge in [0.1, 0.15) is 23.6 Å². The lowest BCUT2D eigenvalue weighted by molar-refractivity contribution is -0.384. The molecule has 0 spiro atoms. The first-order valence-corrected chi connectivity index (χ1v) is 16.3. The molecule has 1 N–H and O–H groups in total. The first-order chi connectivity index (χ1) is 22.6. The Morgan fingerprint density at radius 1 is 1.02 bits per heavy atom. The number of alkyl halides is 1. The number of β-lactam (4-membered cyclic amide) rings is 1. The highest BCUT2D eigenvalue weighted by molar-refractivity contribution is 8.16. The first kappa shape index (κ1) is 36.5. The van der Waals surface area contributed by atoms with Crippen LogP contribution in [0.2, 0.25) is 0 Å². The van der Waals surface area contributed by atoms with Crippen LogP contribution in [0.25, 0.3) is 0 Å². The van der Waals surface area contributed by atoms with Crippen molar-refractivity contribution >= 4 is 63.1 Å². The molecule has 11 nitrogen and oxygen atoms in total. The number of ether oxygens (including phenoxy) is 3. The van der Waals surface area contributed by atoms with Crippen LogP contribution < -0.4 is 9.47 Å². The number of hydrogen-bond acceptors (Lipinski definition) is 11. The molecule has 0 aromatic heterocycles. The van der Waals surface area contributed by atoms with E-state index in [1.807, 2.05) is 12.1 Å². The number of benzene rings is 3. The number of esters is 1. The van der Waals surface area contributed by atoms with Crippen LogP contribution in [0.3, 0.4) is 0 Å². The van der Waals surface area contributed by atoms with E-state index in [9.17, 15) is 29.6 Å². The fraction of sp³-hybridized carbons (Fsp3) is 0.294. The van der Waals surface area contributed by atoms with Crippen molar-refractivity contribution in [2.45, 2.75) is 45.9 Å². The molecule has 1 saturated heterocycles. The number of carbonyl (C=O) groups is 3. The predicted molar refractivity (Wildman–Crippen MR) is 184 cm³/mol. The van der Waals surface area contributed by atoms with E-state index >= 15 is 0 Å². The van der Waals surface area contributed by atoms with Gasteiger partial charge in [-0.15, -0.1) is 0 Å². The largest absolute Gasteiger partial charge is 0.497 e. The molecule has 3 aromatic carbocycles. The Morgan fingerprint density at radius 3 is 2.02 bits per heavy atom. The maximum absolute atomic E-state index is 13.8. The second kappa shape index (κ2) is 15.3. The minimum absolute atomic E-state index is 0.144. The van der Waals surface area contributed by atoms with E-state index in [1.165, 1.54) is 31.2 Å². The smallest absolute Gasteiger partial charge is 0.359 e. The number of methoxy groups -OCH3 is 1. The topological polar surface area (TPSA) is 146 Å². The molecule has 0 radical (unpaired) electrons. The lowest BCUT2D eigenvalue weighted by Gasteiger charge is -2.45. The summed E-state index contributed by atoms with van der Waals surface area (Å²) in [5.41, 5.74) is -0.698. The Labute approximate surface area is 292 Å². The van der Waals surface area contributed by atoms with E-state index in [1.54, 1.807) is 64.3 Å². The number of carbonyl (C=O) groups excluding carboxylic acids is 3. The summed E-state index contributed by atoms with van der Waals surface area (Å²) in [7, 11) is 1.57. The molecule has 4 rings (SSSR count). The number of halogens is 1. The lowest BCUT2D eigenvalue weighted by Crippen LogP contribution is -2.62. The van der Waals surface area contributed by atoms with Crippen LogP contribution in [0.15, 0.2) is 83.6 Å². The number of aliphatic hydroxyl groups excluding tert-OH is 1. The highest BCUT2D eigenvalue weighted by Gasteiger charge is 2.53. The Kier molecular flexibility index (Phi) is 11.6. The molecule has 0 aliphatic carbocycles. The van der Waals surface area contributed by atoms with Gasteiger partial charge in [0.2, 0.25) is 11.0 Å². The van der Waals surface area contributed by atoms with Gasteiger partial charge in [0, 0.05) is 17.5 Å². The maximum Gasteiger partial charge on any atom is 0.359 e.